The molecule has 0 aliphatic rings. The van der Waals surface area contributed by atoms with Crippen LogP contribution in [0.3, 0.4) is 0 Å². The number of carbonyl (C=O) groups is 2. The van der Waals surface area contributed by atoms with Gasteiger partial charge >= 0.3 is 5.97 Å². The van der Waals surface area contributed by atoms with Gasteiger partial charge in [-0.2, -0.15) is 0 Å². The Hall–Kier alpha value is -3.08. The molecule has 0 fully saturated rings. The van der Waals surface area contributed by atoms with Crippen molar-refractivity contribution < 1.29 is 23.8 Å². The van der Waals surface area contributed by atoms with Crippen molar-refractivity contribution in [3.63, 3.8) is 0 Å². The van der Waals surface area contributed by atoms with Crippen LogP contribution in [0, 0.1) is 13.8 Å². The van der Waals surface area contributed by atoms with Crippen LogP contribution in [0.2, 0.25) is 0 Å². The molecule has 5 heteroatoms. The van der Waals surface area contributed by atoms with Crippen LogP contribution in [-0.4, -0.2) is 32.6 Å². The summed E-state index contributed by atoms with van der Waals surface area (Å²) >= 11 is 0. The van der Waals surface area contributed by atoms with E-state index in [1.165, 1.54) is 13.2 Å². The van der Waals surface area contributed by atoms with E-state index < -0.39 is 5.97 Å². The zero-order valence-corrected chi connectivity index (χ0v) is 15.4. The minimum Gasteiger partial charge on any atom is -0.497 e. The number of rotatable bonds is 7. The minimum atomic E-state index is -0.597. The second kappa shape index (κ2) is 8.85. The first kappa shape index (κ1) is 19.2. The minimum absolute atomic E-state index is 0.239. The number of hydrogen-bond donors (Lipinski definition) is 0. The average molecular weight is 354 g/mol. The van der Waals surface area contributed by atoms with E-state index in [0.717, 1.165) is 11.1 Å². The number of benzene rings is 2. The first-order chi connectivity index (χ1) is 12.4. The van der Waals surface area contributed by atoms with E-state index in [4.69, 9.17) is 14.2 Å². The molecule has 0 heterocycles. The van der Waals surface area contributed by atoms with Crippen LogP contribution in [0.5, 0.6) is 11.5 Å². The highest BCUT2D eigenvalue weighted by Gasteiger charge is 2.10. The van der Waals surface area contributed by atoms with E-state index in [0.29, 0.717) is 22.6 Å². The summed E-state index contributed by atoms with van der Waals surface area (Å²) in [5, 5.41) is 0. The number of esters is 1. The Morgan fingerprint density at radius 2 is 1.73 bits per heavy atom. The van der Waals surface area contributed by atoms with E-state index in [1.807, 2.05) is 19.9 Å². The van der Waals surface area contributed by atoms with Crippen LogP contribution in [0.15, 0.2) is 42.5 Å². The lowest BCUT2D eigenvalue weighted by Crippen LogP contribution is -2.12. The molecule has 0 aliphatic carbocycles. The molecule has 0 radical (unpaired) electrons. The SMILES string of the molecule is COc1ccc(/C=C/C(=O)OCC(=O)c2ccc(C)c(C)c2)c(OC)c1. The maximum absolute atomic E-state index is 12.1. The Bertz CT molecular complexity index is 836. The van der Waals surface area contributed by atoms with E-state index in [2.05, 4.69) is 0 Å². The first-order valence-corrected chi connectivity index (χ1v) is 8.12. The fourth-order valence-corrected chi connectivity index (χ4v) is 2.30. The Kier molecular flexibility index (Phi) is 6.55. The standard InChI is InChI=1S/C21H22O5/c1-14-5-6-17(11-15(14)2)19(22)13-26-21(23)10-8-16-7-9-18(24-3)12-20(16)25-4/h5-12H,13H2,1-4H3/b10-8+. The van der Waals surface area contributed by atoms with Gasteiger partial charge in [-0.15, -0.1) is 0 Å². The average Bonchev–Trinajstić information content (AvgIpc) is 2.66. The van der Waals surface area contributed by atoms with Crippen molar-refractivity contribution in [1.29, 1.82) is 0 Å². The number of carbonyl (C=O) groups excluding carboxylic acids is 2. The van der Waals surface area contributed by atoms with Crippen LogP contribution in [-0.2, 0) is 9.53 Å². The van der Waals surface area contributed by atoms with Gasteiger partial charge in [0.2, 0.25) is 0 Å². The number of hydrogen-bond acceptors (Lipinski definition) is 5. The Morgan fingerprint density at radius 1 is 0.962 bits per heavy atom. The molecule has 0 atom stereocenters. The lowest BCUT2D eigenvalue weighted by atomic mass is 10.0. The third kappa shape index (κ3) is 4.96. The lowest BCUT2D eigenvalue weighted by molar-refractivity contribution is -0.136. The molecular formula is C21H22O5. The van der Waals surface area contributed by atoms with Crippen molar-refractivity contribution in [3.05, 3.63) is 64.7 Å². The van der Waals surface area contributed by atoms with Gasteiger partial charge in [-0.05, 0) is 49.2 Å². The topological polar surface area (TPSA) is 61.8 Å². The van der Waals surface area contributed by atoms with Crippen LogP contribution >= 0.6 is 0 Å². The van der Waals surface area contributed by atoms with Crippen LogP contribution in [0.1, 0.15) is 27.0 Å². The predicted octanol–water partition coefficient (Wildman–Crippen LogP) is 3.76. The molecule has 2 aromatic carbocycles. The molecule has 0 saturated heterocycles. The molecule has 2 aromatic rings. The highest BCUT2D eigenvalue weighted by atomic mass is 16.5. The zero-order valence-electron chi connectivity index (χ0n) is 15.4. The Labute approximate surface area is 153 Å². The maximum atomic E-state index is 12.1. The molecule has 0 N–H and O–H groups in total. The van der Waals surface area contributed by atoms with Gasteiger partial charge in [0.05, 0.1) is 14.2 Å². The molecule has 0 bridgehead atoms. The summed E-state index contributed by atoms with van der Waals surface area (Å²) in [6, 6.07) is 10.6. The summed E-state index contributed by atoms with van der Waals surface area (Å²) in [5.74, 6) is 0.386. The Balaban J connectivity index is 1.97. The van der Waals surface area contributed by atoms with Gasteiger partial charge in [0.15, 0.2) is 12.4 Å². The zero-order chi connectivity index (χ0) is 19.1. The Morgan fingerprint density at radius 3 is 2.38 bits per heavy atom. The van der Waals surface area contributed by atoms with E-state index in [1.54, 1.807) is 43.5 Å². The summed E-state index contributed by atoms with van der Waals surface area (Å²) in [7, 11) is 3.10. The van der Waals surface area contributed by atoms with Crippen LogP contribution in [0.4, 0.5) is 0 Å². The van der Waals surface area contributed by atoms with Crippen molar-refractivity contribution in [1.82, 2.24) is 0 Å². The third-order valence-electron chi connectivity index (χ3n) is 4.01. The third-order valence-corrected chi connectivity index (χ3v) is 4.01. The van der Waals surface area contributed by atoms with Crippen molar-refractivity contribution in [2.24, 2.45) is 0 Å². The fourth-order valence-electron chi connectivity index (χ4n) is 2.30. The smallest absolute Gasteiger partial charge is 0.331 e. The number of methoxy groups -OCH3 is 2. The highest BCUT2D eigenvalue weighted by Crippen LogP contribution is 2.25. The molecule has 0 amide bonds. The summed E-state index contributed by atoms with van der Waals surface area (Å²) < 4.78 is 15.4. The monoisotopic (exact) mass is 354 g/mol. The predicted molar refractivity (Wildman–Crippen MR) is 99.8 cm³/mol. The van der Waals surface area contributed by atoms with Crippen molar-refractivity contribution in [2.75, 3.05) is 20.8 Å². The van der Waals surface area contributed by atoms with Gasteiger partial charge < -0.3 is 14.2 Å². The summed E-state index contributed by atoms with van der Waals surface area (Å²) in [6.07, 6.45) is 2.83. The summed E-state index contributed by atoms with van der Waals surface area (Å²) in [6.45, 7) is 3.61. The van der Waals surface area contributed by atoms with Crippen molar-refractivity contribution in [2.45, 2.75) is 13.8 Å². The van der Waals surface area contributed by atoms with E-state index >= 15 is 0 Å². The van der Waals surface area contributed by atoms with Gasteiger partial charge in [-0.1, -0.05) is 12.1 Å². The van der Waals surface area contributed by atoms with Crippen molar-refractivity contribution in [3.8, 4) is 11.5 Å². The molecule has 26 heavy (non-hydrogen) atoms. The number of Topliss-reactive ketones (excluding diaryl/α,β-unsaturated/α-hetero) is 1. The number of aryl methyl sites for hydroxylation is 2. The van der Waals surface area contributed by atoms with Gasteiger partial charge in [0.25, 0.3) is 0 Å². The number of ketones is 1. The van der Waals surface area contributed by atoms with Crippen molar-refractivity contribution >= 4 is 17.8 Å². The molecule has 0 saturated carbocycles. The van der Waals surface area contributed by atoms with E-state index in [9.17, 15) is 9.59 Å². The summed E-state index contributed by atoms with van der Waals surface area (Å²) in [5.41, 5.74) is 3.36. The molecule has 0 aromatic heterocycles. The largest absolute Gasteiger partial charge is 0.497 e. The van der Waals surface area contributed by atoms with E-state index in [-0.39, 0.29) is 12.4 Å². The fraction of sp³-hybridized carbons (Fsp3) is 0.238. The molecule has 0 unspecified atom stereocenters. The molecule has 5 nitrogen and oxygen atoms in total. The van der Waals surface area contributed by atoms with Crippen LogP contribution in [0.25, 0.3) is 6.08 Å². The first-order valence-electron chi connectivity index (χ1n) is 8.12. The highest BCUT2D eigenvalue weighted by molar-refractivity contribution is 5.99. The molecule has 0 aliphatic heterocycles. The lowest BCUT2D eigenvalue weighted by Gasteiger charge is -2.07. The van der Waals surface area contributed by atoms with Gasteiger partial charge in [0, 0.05) is 23.3 Å². The van der Waals surface area contributed by atoms with Gasteiger partial charge in [-0.25, -0.2) is 4.79 Å². The second-order valence-electron chi connectivity index (χ2n) is 5.77. The summed E-state index contributed by atoms with van der Waals surface area (Å²) in [4.78, 5) is 24.0. The van der Waals surface area contributed by atoms with Gasteiger partial charge in [0.1, 0.15) is 11.5 Å². The number of ether oxygens (including phenoxy) is 3. The molecule has 136 valence electrons. The molecule has 2 rings (SSSR count). The maximum Gasteiger partial charge on any atom is 0.331 e. The quantitative estimate of drug-likeness (QED) is 0.430. The van der Waals surface area contributed by atoms with Crippen LogP contribution < -0.4 is 9.47 Å². The second-order valence-corrected chi connectivity index (χ2v) is 5.77. The van der Waals surface area contributed by atoms with Gasteiger partial charge in [-0.3, -0.25) is 4.79 Å². The molecular weight excluding hydrogens is 332 g/mol. The molecule has 0 spiro atoms. The normalized spacial score (nSPS) is 10.6.